The summed E-state index contributed by atoms with van der Waals surface area (Å²) in [7, 11) is 0. The molecule has 1 aliphatic heterocycles. The van der Waals surface area contributed by atoms with Crippen molar-refractivity contribution >= 4 is 27.4 Å². The standard InChI is InChI=1S/C20H20N6S/c1-13-22-19(21-10-9-17-25-24-16-8-5-11-26(16)17)18-15(12-27-20(18)23-13)14-6-3-2-4-7-14/h2-4,6-7,12H,5,8-11H2,1H3,(H,21,22,23). The Labute approximate surface area is 161 Å². The van der Waals surface area contributed by atoms with E-state index in [-0.39, 0.29) is 0 Å². The second-order valence-corrected chi connectivity index (χ2v) is 7.64. The second-order valence-electron chi connectivity index (χ2n) is 6.78. The first-order valence-electron chi connectivity index (χ1n) is 9.25. The van der Waals surface area contributed by atoms with Crippen LogP contribution in [0.25, 0.3) is 21.3 Å². The smallest absolute Gasteiger partial charge is 0.139 e. The zero-order valence-electron chi connectivity index (χ0n) is 15.1. The van der Waals surface area contributed by atoms with Crippen molar-refractivity contribution in [2.24, 2.45) is 0 Å². The van der Waals surface area contributed by atoms with E-state index in [0.29, 0.717) is 0 Å². The highest BCUT2D eigenvalue weighted by Gasteiger charge is 2.18. The quantitative estimate of drug-likeness (QED) is 0.573. The second kappa shape index (κ2) is 6.74. The summed E-state index contributed by atoms with van der Waals surface area (Å²) in [4.78, 5) is 10.3. The van der Waals surface area contributed by atoms with E-state index in [1.54, 1.807) is 11.3 Å². The summed E-state index contributed by atoms with van der Waals surface area (Å²) in [6.45, 7) is 3.75. The molecule has 0 spiro atoms. The molecule has 1 aromatic carbocycles. The van der Waals surface area contributed by atoms with Gasteiger partial charge < -0.3 is 9.88 Å². The fourth-order valence-electron chi connectivity index (χ4n) is 3.69. The molecule has 4 aromatic rings. The van der Waals surface area contributed by atoms with E-state index in [2.05, 4.69) is 54.7 Å². The molecule has 0 fully saturated rings. The molecule has 27 heavy (non-hydrogen) atoms. The van der Waals surface area contributed by atoms with Crippen LogP contribution in [-0.4, -0.2) is 31.3 Å². The zero-order valence-corrected chi connectivity index (χ0v) is 16.0. The molecule has 1 aliphatic rings. The van der Waals surface area contributed by atoms with Crippen molar-refractivity contribution in [3.63, 3.8) is 0 Å². The monoisotopic (exact) mass is 376 g/mol. The first-order valence-corrected chi connectivity index (χ1v) is 10.1. The van der Waals surface area contributed by atoms with E-state index in [9.17, 15) is 0 Å². The van der Waals surface area contributed by atoms with Gasteiger partial charge in [-0.25, -0.2) is 9.97 Å². The van der Waals surface area contributed by atoms with Gasteiger partial charge in [-0.3, -0.25) is 0 Å². The summed E-state index contributed by atoms with van der Waals surface area (Å²) >= 11 is 1.67. The summed E-state index contributed by atoms with van der Waals surface area (Å²) in [5, 5.41) is 15.4. The number of rotatable bonds is 5. The lowest BCUT2D eigenvalue weighted by atomic mass is 10.1. The number of anilines is 1. The highest BCUT2D eigenvalue weighted by atomic mass is 32.1. The van der Waals surface area contributed by atoms with Crippen molar-refractivity contribution in [2.45, 2.75) is 32.7 Å². The normalized spacial score (nSPS) is 13.2. The highest BCUT2D eigenvalue weighted by Crippen LogP contribution is 2.36. The van der Waals surface area contributed by atoms with Gasteiger partial charge in [-0.15, -0.1) is 21.5 Å². The molecule has 6 nitrogen and oxygen atoms in total. The lowest BCUT2D eigenvalue weighted by Crippen LogP contribution is -2.11. The Morgan fingerprint density at radius 3 is 2.93 bits per heavy atom. The third-order valence-electron chi connectivity index (χ3n) is 4.96. The Balaban J connectivity index is 1.44. The summed E-state index contributed by atoms with van der Waals surface area (Å²) in [6, 6.07) is 10.4. The van der Waals surface area contributed by atoms with Crippen molar-refractivity contribution in [1.29, 1.82) is 0 Å². The van der Waals surface area contributed by atoms with Gasteiger partial charge >= 0.3 is 0 Å². The molecule has 0 saturated carbocycles. The number of fused-ring (bicyclic) bond motifs is 2. The van der Waals surface area contributed by atoms with Crippen molar-refractivity contribution < 1.29 is 0 Å². The Morgan fingerprint density at radius 1 is 1.15 bits per heavy atom. The topological polar surface area (TPSA) is 68.5 Å². The molecule has 5 rings (SSSR count). The van der Waals surface area contributed by atoms with Crippen LogP contribution in [-0.2, 0) is 19.4 Å². The van der Waals surface area contributed by atoms with Crippen LogP contribution in [0.3, 0.4) is 0 Å². The molecule has 1 N–H and O–H groups in total. The maximum Gasteiger partial charge on any atom is 0.139 e. The summed E-state index contributed by atoms with van der Waals surface area (Å²) in [5.74, 6) is 3.87. The van der Waals surface area contributed by atoms with E-state index in [1.165, 1.54) is 17.5 Å². The molecule has 3 aromatic heterocycles. The van der Waals surface area contributed by atoms with Crippen molar-refractivity contribution in [3.8, 4) is 11.1 Å². The lowest BCUT2D eigenvalue weighted by Gasteiger charge is -2.10. The van der Waals surface area contributed by atoms with Crippen LogP contribution in [0, 0.1) is 6.92 Å². The molecule has 0 bridgehead atoms. The number of aryl methyl sites for hydroxylation is 2. The number of nitrogens with zero attached hydrogens (tertiary/aromatic N) is 5. The van der Waals surface area contributed by atoms with E-state index in [1.807, 2.05) is 13.0 Å². The predicted molar refractivity (Wildman–Crippen MR) is 108 cm³/mol. The number of hydrogen-bond donors (Lipinski definition) is 1. The van der Waals surface area contributed by atoms with Crippen LogP contribution < -0.4 is 5.32 Å². The van der Waals surface area contributed by atoms with Crippen LogP contribution in [0.5, 0.6) is 0 Å². The Bertz CT molecular complexity index is 1100. The lowest BCUT2D eigenvalue weighted by molar-refractivity contribution is 0.687. The van der Waals surface area contributed by atoms with Crippen molar-refractivity contribution in [2.75, 3.05) is 11.9 Å². The Hall–Kier alpha value is -2.80. The molecule has 0 amide bonds. The largest absolute Gasteiger partial charge is 0.369 e. The minimum absolute atomic E-state index is 0.772. The van der Waals surface area contributed by atoms with E-state index >= 15 is 0 Å². The third kappa shape index (κ3) is 2.98. The van der Waals surface area contributed by atoms with Crippen molar-refractivity contribution in [3.05, 3.63) is 53.2 Å². The average molecular weight is 376 g/mol. The van der Waals surface area contributed by atoms with Gasteiger partial charge in [0.05, 0.1) is 5.39 Å². The molecule has 7 heteroatoms. The molecule has 0 saturated heterocycles. The van der Waals surface area contributed by atoms with Crippen LogP contribution in [0.2, 0.25) is 0 Å². The number of hydrogen-bond acceptors (Lipinski definition) is 6. The first-order chi connectivity index (χ1) is 13.3. The maximum absolute atomic E-state index is 4.69. The Morgan fingerprint density at radius 2 is 2.04 bits per heavy atom. The molecular weight excluding hydrogens is 356 g/mol. The van der Waals surface area contributed by atoms with Gasteiger partial charge in [0.25, 0.3) is 0 Å². The number of thiophene rings is 1. The van der Waals surface area contributed by atoms with Gasteiger partial charge in [-0.05, 0) is 18.9 Å². The van der Waals surface area contributed by atoms with Crippen LogP contribution in [0.1, 0.15) is 23.9 Å². The van der Waals surface area contributed by atoms with Gasteiger partial charge in [0.1, 0.15) is 28.1 Å². The molecule has 0 unspecified atom stereocenters. The molecule has 0 radical (unpaired) electrons. The van der Waals surface area contributed by atoms with Gasteiger partial charge in [0.15, 0.2) is 0 Å². The fraction of sp³-hybridized carbons (Fsp3) is 0.300. The van der Waals surface area contributed by atoms with Gasteiger partial charge in [0, 0.05) is 36.9 Å². The highest BCUT2D eigenvalue weighted by molar-refractivity contribution is 7.17. The average Bonchev–Trinajstić information content (AvgIpc) is 3.39. The first kappa shape index (κ1) is 16.4. The van der Waals surface area contributed by atoms with Gasteiger partial charge in [0.2, 0.25) is 0 Å². The predicted octanol–water partition coefficient (Wildman–Crippen LogP) is 3.86. The zero-order chi connectivity index (χ0) is 18.2. The van der Waals surface area contributed by atoms with Crippen LogP contribution >= 0.6 is 11.3 Å². The maximum atomic E-state index is 4.69. The van der Waals surface area contributed by atoms with Crippen LogP contribution in [0.15, 0.2) is 35.7 Å². The fourth-order valence-corrected chi connectivity index (χ4v) is 4.69. The number of aromatic nitrogens is 5. The van der Waals surface area contributed by atoms with Gasteiger partial charge in [-0.1, -0.05) is 30.3 Å². The number of nitrogens with one attached hydrogen (secondary N) is 1. The summed E-state index contributed by atoms with van der Waals surface area (Å²) < 4.78 is 2.25. The molecule has 0 atom stereocenters. The molecule has 0 aliphatic carbocycles. The van der Waals surface area contributed by atoms with E-state index in [4.69, 9.17) is 4.98 Å². The minimum Gasteiger partial charge on any atom is -0.369 e. The van der Waals surface area contributed by atoms with Gasteiger partial charge in [-0.2, -0.15) is 0 Å². The number of benzene rings is 1. The molecule has 4 heterocycles. The third-order valence-corrected chi connectivity index (χ3v) is 5.83. The molecule has 136 valence electrons. The van der Waals surface area contributed by atoms with Crippen LogP contribution in [0.4, 0.5) is 5.82 Å². The summed E-state index contributed by atoms with van der Waals surface area (Å²) in [5.41, 5.74) is 2.37. The SMILES string of the molecule is Cc1nc(NCCc2nnc3n2CCC3)c2c(-c3ccccc3)csc2n1. The minimum atomic E-state index is 0.772. The Kier molecular flexibility index (Phi) is 4.09. The van der Waals surface area contributed by atoms with Crippen molar-refractivity contribution in [1.82, 2.24) is 24.7 Å². The summed E-state index contributed by atoms with van der Waals surface area (Å²) in [6.07, 6.45) is 3.05. The van der Waals surface area contributed by atoms with E-state index < -0.39 is 0 Å². The molecular formula is C20H20N6S. The van der Waals surface area contributed by atoms with E-state index in [0.717, 1.165) is 59.4 Å².